The number of hydrogen-bond acceptors (Lipinski definition) is 5. The summed E-state index contributed by atoms with van der Waals surface area (Å²) in [6, 6.07) is 7.25. The first-order valence-corrected chi connectivity index (χ1v) is 10.3. The number of benzene rings is 1. The Bertz CT molecular complexity index is 918. The maximum atomic E-state index is 12.7. The van der Waals surface area contributed by atoms with Crippen LogP contribution in [0.1, 0.15) is 12.5 Å². The summed E-state index contributed by atoms with van der Waals surface area (Å²) in [7, 11) is -7.44. The summed E-state index contributed by atoms with van der Waals surface area (Å²) in [4.78, 5) is -0.00572. The summed E-state index contributed by atoms with van der Waals surface area (Å²) >= 11 is 1.16. The van der Waals surface area contributed by atoms with Gasteiger partial charge in [0.2, 0.25) is 10.0 Å². The van der Waals surface area contributed by atoms with Gasteiger partial charge in [0.1, 0.15) is 4.21 Å². The Balaban J connectivity index is 2.12. The maximum absolute atomic E-state index is 12.7. The number of anilines is 1. The average molecular weight is 358 g/mol. The molecule has 0 fully saturated rings. The molecule has 1 atom stereocenters. The van der Waals surface area contributed by atoms with Crippen LogP contribution in [0, 0.1) is 0 Å². The molecule has 1 aliphatic rings. The molecule has 22 heavy (non-hydrogen) atoms. The number of sulfonamides is 2. The van der Waals surface area contributed by atoms with Crippen molar-refractivity contribution >= 4 is 37.1 Å². The van der Waals surface area contributed by atoms with Crippen LogP contribution in [-0.4, -0.2) is 22.9 Å². The third-order valence-electron chi connectivity index (χ3n) is 3.54. The van der Waals surface area contributed by atoms with Gasteiger partial charge < -0.3 is 0 Å². The van der Waals surface area contributed by atoms with Crippen molar-refractivity contribution in [3.8, 4) is 0 Å². The molecule has 118 valence electrons. The molecule has 2 heterocycles. The molecule has 1 aromatic carbocycles. The van der Waals surface area contributed by atoms with Gasteiger partial charge in [-0.2, -0.15) is 0 Å². The Kier molecular flexibility index (Phi) is 3.55. The van der Waals surface area contributed by atoms with Crippen molar-refractivity contribution in [2.75, 3.05) is 4.31 Å². The summed E-state index contributed by atoms with van der Waals surface area (Å²) in [6.07, 6.45) is 0.448. The predicted octanol–water partition coefficient (Wildman–Crippen LogP) is 1.54. The third kappa shape index (κ3) is 2.43. The van der Waals surface area contributed by atoms with E-state index >= 15 is 0 Å². The highest BCUT2D eigenvalue weighted by atomic mass is 32.2. The second kappa shape index (κ2) is 5.05. The fourth-order valence-corrected chi connectivity index (χ4v) is 5.97. The van der Waals surface area contributed by atoms with Gasteiger partial charge in [0.05, 0.1) is 10.6 Å². The molecule has 2 aromatic rings. The van der Waals surface area contributed by atoms with Gasteiger partial charge in [0, 0.05) is 6.04 Å². The minimum absolute atomic E-state index is 0.00572. The topological polar surface area (TPSA) is 97.5 Å². The normalized spacial score (nSPS) is 18.5. The van der Waals surface area contributed by atoms with Gasteiger partial charge in [-0.25, -0.2) is 22.0 Å². The molecule has 0 unspecified atom stereocenters. The molecule has 0 spiro atoms. The van der Waals surface area contributed by atoms with Crippen LogP contribution in [-0.2, 0) is 26.5 Å². The van der Waals surface area contributed by atoms with E-state index in [1.807, 2.05) is 0 Å². The van der Waals surface area contributed by atoms with E-state index in [2.05, 4.69) is 0 Å². The summed E-state index contributed by atoms with van der Waals surface area (Å²) in [5, 5.41) is 6.83. The molecular weight excluding hydrogens is 344 g/mol. The number of thiophene rings is 1. The van der Waals surface area contributed by atoms with E-state index < -0.39 is 20.0 Å². The fraction of sp³-hybridized carbons (Fsp3) is 0.231. The molecule has 0 bridgehead atoms. The van der Waals surface area contributed by atoms with Crippen molar-refractivity contribution in [2.45, 2.75) is 28.5 Å². The molecule has 6 nitrogen and oxygen atoms in total. The third-order valence-corrected chi connectivity index (χ3v) is 7.75. The summed E-state index contributed by atoms with van der Waals surface area (Å²) in [5.41, 5.74) is 1.17. The van der Waals surface area contributed by atoms with Crippen molar-refractivity contribution in [2.24, 2.45) is 5.14 Å². The lowest BCUT2D eigenvalue weighted by Gasteiger charge is -2.23. The van der Waals surface area contributed by atoms with E-state index in [1.54, 1.807) is 24.4 Å². The van der Waals surface area contributed by atoms with Gasteiger partial charge in [-0.3, -0.25) is 4.31 Å². The molecule has 1 aromatic heterocycles. The van der Waals surface area contributed by atoms with Crippen molar-refractivity contribution in [3.63, 3.8) is 0 Å². The second-order valence-electron chi connectivity index (χ2n) is 5.12. The molecule has 0 radical (unpaired) electrons. The summed E-state index contributed by atoms with van der Waals surface area (Å²) in [6.45, 7) is 1.79. The highest BCUT2D eigenvalue weighted by molar-refractivity contribution is 7.94. The molecule has 1 aliphatic heterocycles. The fourth-order valence-electron chi connectivity index (χ4n) is 2.63. The van der Waals surface area contributed by atoms with Crippen LogP contribution in [0.25, 0.3) is 0 Å². The number of nitrogens with zero attached hydrogens (tertiary/aromatic N) is 1. The van der Waals surface area contributed by atoms with Gasteiger partial charge in [0.25, 0.3) is 10.0 Å². The van der Waals surface area contributed by atoms with E-state index in [4.69, 9.17) is 5.14 Å². The van der Waals surface area contributed by atoms with E-state index in [0.29, 0.717) is 17.7 Å². The SMILES string of the molecule is C[C@@H]1Cc2cc(S(N)(=O)=O)ccc2N1S(=O)(=O)c1cccs1. The lowest BCUT2D eigenvalue weighted by molar-refractivity contribution is 0.586. The average Bonchev–Trinajstić information content (AvgIpc) is 3.03. The molecule has 0 saturated heterocycles. The predicted molar refractivity (Wildman–Crippen MR) is 85.0 cm³/mol. The highest BCUT2D eigenvalue weighted by Crippen LogP contribution is 2.38. The van der Waals surface area contributed by atoms with Crippen LogP contribution in [0.2, 0.25) is 0 Å². The zero-order valence-corrected chi connectivity index (χ0v) is 14.1. The number of primary sulfonamides is 1. The van der Waals surface area contributed by atoms with Gasteiger partial charge in [-0.05, 0) is 48.6 Å². The zero-order valence-electron chi connectivity index (χ0n) is 11.6. The van der Waals surface area contributed by atoms with Crippen molar-refractivity contribution in [1.29, 1.82) is 0 Å². The Morgan fingerprint density at radius 3 is 2.55 bits per heavy atom. The Morgan fingerprint density at radius 2 is 1.95 bits per heavy atom. The quantitative estimate of drug-likeness (QED) is 0.900. The van der Waals surface area contributed by atoms with Crippen LogP contribution in [0.15, 0.2) is 44.8 Å². The Hall–Kier alpha value is -1.42. The molecule has 9 heteroatoms. The number of nitrogens with two attached hydrogens (primary N) is 1. The van der Waals surface area contributed by atoms with Gasteiger partial charge in [-0.1, -0.05) is 6.07 Å². The van der Waals surface area contributed by atoms with Gasteiger partial charge in [0.15, 0.2) is 0 Å². The first-order chi connectivity index (χ1) is 10.2. The number of hydrogen-bond donors (Lipinski definition) is 1. The Labute approximate surface area is 133 Å². The molecule has 2 N–H and O–H groups in total. The molecular formula is C13H14N2O4S3. The molecule has 0 aliphatic carbocycles. The maximum Gasteiger partial charge on any atom is 0.274 e. The molecule has 0 saturated carbocycles. The largest absolute Gasteiger partial charge is 0.274 e. The number of fused-ring (bicyclic) bond motifs is 1. The minimum atomic E-state index is -3.80. The summed E-state index contributed by atoms with van der Waals surface area (Å²) < 4.78 is 50.0. The van der Waals surface area contributed by atoms with E-state index in [9.17, 15) is 16.8 Å². The first kappa shape index (κ1) is 15.5. The minimum Gasteiger partial charge on any atom is -0.262 e. The van der Waals surface area contributed by atoms with Crippen molar-refractivity contribution < 1.29 is 16.8 Å². The van der Waals surface area contributed by atoms with Crippen LogP contribution in [0.4, 0.5) is 5.69 Å². The van der Waals surface area contributed by atoms with Crippen LogP contribution in [0.5, 0.6) is 0 Å². The standard InChI is InChI=1S/C13H14N2O4S3/c1-9-7-10-8-11(21(14,16)17)4-5-12(10)15(9)22(18,19)13-3-2-6-20-13/h2-6,8-9H,7H2,1H3,(H2,14,16,17)/t9-/m1/s1. The van der Waals surface area contributed by atoms with E-state index in [-0.39, 0.29) is 15.1 Å². The van der Waals surface area contributed by atoms with E-state index in [0.717, 1.165) is 11.3 Å². The van der Waals surface area contributed by atoms with Crippen molar-refractivity contribution in [3.05, 3.63) is 41.3 Å². The van der Waals surface area contributed by atoms with Crippen molar-refractivity contribution in [1.82, 2.24) is 0 Å². The van der Waals surface area contributed by atoms with Gasteiger partial charge >= 0.3 is 0 Å². The van der Waals surface area contributed by atoms with Crippen LogP contribution in [0.3, 0.4) is 0 Å². The first-order valence-electron chi connectivity index (χ1n) is 6.45. The number of rotatable bonds is 3. The van der Waals surface area contributed by atoms with E-state index in [1.165, 1.54) is 22.5 Å². The summed E-state index contributed by atoms with van der Waals surface area (Å²) in [5.74, 6) is 0. The molecule has 3 rings (SSSR count). The van der Waals surface area contributed by atoms with Crippen LogP contribution >= 0.6 is 11.3 Å². The monoisotopic (exact) mass is 358 g/mol. The Morgan fingerprint density at radius 1 is 1.23 bits per heavy atom. The second-order valence-corrected chi connectivity index (χ2v) is 9.67. The molecule has 0 amide bonds. The van der Waals surface area contributed by atoms with Gasteiger partial charge in [-0.15, -0.1) is 11.3 Å². The lowest BCUT2D eigenvalue weighted by Crippen LogP contribution is -2.35. The highest BCUT2D eigenvalue weighted by Gasteiger charge is 2.37. The lowest BCUT2D eigenvalue weighted by atomic mass is 10.1. The smallest absolute Gasteiger partial charge is 0.262 e. The zero-order chi connectivity index (χ0) is 16.1. The van der Waals surface area contributed by atoms with Crippen LogP contribution < -0.4 is 9.44 Å².